The molecule has 1 N–H and O–H groups in total. The van der Waals surface area contributed by atoms with Crippen molar-refractivity contribution in [2.45, 2.75) is 12.8 Å². The zero-order valence-electron chi connectivity index (χ0n) is 13.1. The summed E-state index contributed by atoms with van der Waals surface area (Å²) in [6.45, 7) is 3.44. The lowest BCUT2D eigenvalue weighted by atomic mass is 10.2. The van der Waals surface area contributed by atoms with Crippen LogP contribution in [-0.2, 0) is 4.79 Å². The van der Waals surface area contributed by atoms with Gasteiger partial charge >= 0.3 is 0 Å². The first-order valence-electron chi connectivity index (χ1n) is 8.17. The normalized spacial score (nSPS) is 18.1. The van der Waals surface area contributed by atoms with Crippen molar-refractivity contribution in [3.05, 3.63) is 35.6 Å². The molecule has 1 saturated carbocycles. The maximum absolute atomic E-state index is 12.9. The minimum absolute atomic E-state index is 0.0968. The van der Waals surface area contributed by atoms with Gasteiger partial charge in [0.25, 0.3) is 5.91 Å². The molecule has 1 aromatic carbocycles. The summed E-state index contributed by atoms with van der Waals surface area (Å²) >= 11 is 0. The van der Waals surface area contributed by atoms with Crippen molar-refractivity contribution in [2.75, 3.05) is 39.3 Å². The van der Waals surface area contributed by atoms with E-state index in [1.165, 1.54) is 37.1 Å². The highest BCUT2D eigenvalue weighted by atomic mass is 19.1. The quantitative estimate of drug-likeness (QED) is 0.884. The molecule has 2 aliphatic rings. The molecule has 1 saturated heterocycles. The number of halogens is 1. The van der Waals surface area contributed by atoms with E-state index in [9.17, 15) is 14.0 Å². The SMILES string of the molecule is O=C(CNCC1CC1)N1CCN(C(=O)c2ccc(F)cc2)CC1. The van der Waals surface area contributed by atoms with Gasteiger partial charge in [-0.3, -0.25) is 9.59 Å². The number of nitrogens with zero attached hydrogens (tertiary/aromatic N) is 2. The lowest BCUT2D eigenvalue weighted by molar-refractivity contribution is -0.131. The van der Waals surface area contributed by atoms with Crippen LogP contribution in [0, 0.1) is 11.7 Å². The summed E-state index contributed by atoms with van der Waals surface area (Å²) in [5.41, 5.74) is 0.484. The molecule has 124 valence electrons. The van der Waals surface area contributed by atoms with Crippen molar-refractivity contribution in [2.24, 2.45) is 5.92 Å². The largest absolute Gasteiger partial charge is 0.338 e. The summed E-state index contributed by atoms with van der Waals surface area (Å²) in [4.78, 5) is 27.9. The first-order valence-corrected chi connectivity index (χ1v) is 8.17. The molecule has 0 atom stereocenters. The molecule has 1 aliphatic carbocycles. The lowest BCUT2D eigenvalue weighted by Crippen LogP contribution is -2.52. The van der Waals surface area contributed by atoms with Crippen molar-refractivity contribution < 1.29 is 14.0 Å². The van der Waals surface area contributed by atoms with Crippen LogP contribution in [0.3, 0.4) is 0 Å². The van der Waals surface area contributed by atoms with Crippen LogP contribution in [0.5, 0.6) is 0 Å². The fourth-order valence-corrected chi connectivity index (χ4v) is 2.75. The fraction of sp³-hybridized carbons (Fsp3) is 0.529. The summed E-state index contributed by atoms with van der Waals surface area (Å²) in [6, 6.07) is 5.57. The van der Waals surface area contributed by atoms with E-state index in [1.807, 2.05) is 0 Å². The van der Waals surface area contributed by atoms with E-state index in [0.29, 0.717) is 38.3 Å². The van der Waals surface area contributed by atoms with Crippen LogP contribution >= 0.6 is 0 Å². The van der Waals surface area contributed by atoms with Crippen LogP contribution in [0.2, 0.25) is 0 Å². The van der Waals surface area contributed by atoms with Gasteiger partial charge in [-0.2, -0.15) is 0 Å². The molecule has 2 fully saturated rings. The minimum Gasteiger partial charge on any atom is -0.338 e. The monoisotopic (exact) mass is 319 g/mol. The summed E-state index contributed by atoms with van der Waals surface area (Å²) in [5, 5.41) is 3.20. The third-order valence-electron chi connectivity index (χ3n) is 4.42. The number of benzene rings is 1. The zero-order chi connectivity index (χ0) is 16.2. The molecule has 0 radical (unpaired) electrons. The van der Waals surface area contributed by atoms with E-state index in [-0.39, 0.29) is 17.6 Å². The first-order chi connectivity index (χ1) is 11.1. The average molecular weight is 319 g/mol. The molecule has 6 heteroatoms. The van der Waals surface area contributed by atoms with Gasteiger partial charge in [-0.25, -0.2) is 4.39 Å². The number of hydrogen-bond donors (Lipinski definition) is 1. The molecular formula is C17H22FN3O2. The highest BCUT2D eigenvalue weighted by Gasteiger charge is 2.25. The second kappa shape index (κ2) is 7.08. The second-order valence-corrected chi connectivity index (χ2v) is 6.25. The highest BCUT2D eigenvalue weighted by molar-refractivity contribution is 5.94. The van der Waals surface area contributed by atoms with Crippen LogP contribution < -0.4 is 5.32 Å². The molecule has 0 spiro atoms. The lowest BCUT2D eigenvalue weighted by Gasteiger charge is -2.35. The third kappa shape index (κ3) is 4.28. The summed E-state index contributed by atoms with van der Waals surface area (Å²) in [6.07, 6.45) is 2.54. The van der Waals surface area contributed by atoms with Crippen molar-refractivity contribution >= 4 is 11.8 Å². The molecule has 1 aromatic rings. The number of nitrogens with one attached hydrogen (secondary N) is 1. The number of hydrogen-bond acceptors (Lipinski definition) is 3. The second-order valence-electron chi connectivity index (χ2n) is 6.25. The van der Waals surface area contributed by atoms with Crippen LogP contribution in [0.15, 0.2) is 24.3 Å². The van der Waals surface area contributed by atoms with E-state index in [0.717, 1.165) is 12.5 Å². The van der Waals surface area contributed by atoms with E-state index < -0.39 is 0 Å². The Morgan fingerprint density at radius 2 is 1.65 bits per heavy atom. The Bertz CT molecular complexity index is 564. The van der Waals surface area contributed by atoms with Gasteiger partial charge in [0.05, 0.1) is 6.54 Å². The third-order valence-corrected chi connectivity index (χ3v) is 4.42. The van der Waals surface area contributed by atoms with Gasteiger partial charge in [0, 0.05) is 31.7 Å². The van der Waals surface area contributed by atoms with Gasteiger partial charge in [-0.15, -0.1) is 0 Å². The van der Waals surface area contributed by atoms with E-state index in [4.69, 9.17) is 0 Å². The number of piperazine rings is 1. The van der Waals surface area contributed by atoms with Crippen LogP contribution in [0.25, 0.3) is 0 Å². The van der Waals surface area contributed by atoms with Crippen molar-refractivity contribution in [1.82, 2.24) is 15.1 Å². The summed E-state index contributed by atoms with van der Waals surface area (Å²) in [5.74, 6) is 0.395. The van der Waals surface area contributed by atoms with Crippen molar-refractivity contribution in [3.63, 3.8) is 0 Å². The number of rotatable bonds is 5. The standard InChI is InChI=1S/C17H22FN3O2/c18-15-5-3-14(4-6-15)17(23)21-9-7-20(8-10-21)16(22)12-19-11-13-1-2-13/h3-6,13,19H,1-2,7-12H2. The summed E-state index contributed by atoms with van der Waals surface area (Å²) < 4.78 is 12.9. The maximum Gasteiger partial charge on any atom is 0.253 e. The number of amides is 2. The molecule has 3 rings (SSSR count). The minimum atomic E-state index is -0.351. The van der Waals surface area contributed by atoms with Crippen molar-refractivity contribution in [3.8, 4) is 0 Å². The fourth-order valence-electron chi connectivity index (χ4n) is 2.75. The summed E-state index contributed by atoms with van der Waals surface area (Å²) in [7, 11) is 0. The van der Waals surface area contributed by atoms with Gasteiger partial charge in [-0.1, -0.05) is 0 Å². The molecule has 23 heavy (non-hydrogen) atoms. The van der Waals surface area contributed by atoms with Gasteiger partial charge in [-0.05, 0) is 49.6 Å². The Labute approximate surface area is 135 Å². The maximum atomic E-state index is 12.9. The van der Waals surface area contributed by atoms with Crippen LogP contribution in [0.1, 0.15) is 23.2 Å². The molecule has 0 aromatic heterocycles. The van der Waals surface area contributed by atoms with E-state index >= 15 is 0 Å². The predicted octanol–water partition coefficient (Wildman–Crippen LogP) is 1.11. The van der Waals surface area contributed by atoms with Gasteiger partial charge in [0.15, 0.2) is 0 Å². The van der Waals surface area contributed by atoms with Gasteiger partial charge in [0.2, 0.25) is 5.91 Å². The zero-order valence-corrected chi connectivity index (χ0v) is 13.1. The van der Waals surface area contributed by atoms with Crippen LogP contribution in [0.4, 0.5) is 4.39 Å². The predicted molar refractivity (Wildman–Crippen MR) is 84.5 cm³/mol. The molecule has 0 unspecified atom stereocenters. The van der Waals surface area contributed by atoms with Gasteiger partial charge < -0.3 is 15.1 Å². The Morgan fingerprint density at radius 1 is 1.04 bits per heavy atom. The molecule has 2 amide bonds. The first kappa shape index (κ1) is 15.9. The molecular weight excluding hydrogens is 297 g/mol. The topological polar surface area (TPSA) is 52.7 Å². The average Bonchev–Trinajstić information content (AvgIpc) is 3.39. The Balaban J connectivity index is 1.44. The molecule has 5 nitrogen and oxygen atoms in total. The number of carbonyl (C=O) groups is 2. The number of carbonyl (C=O) groups excluding carboxylic acids is 2. The Hall–Kier alpha value is -1.95. The van der Waals surface area contributed by atoms with Crippen LogP contribution in [-0.4, -0.2) is 60.9 Å². The molecule has 0 bridgehead atoms. The Kier molecular flexibility index (Phi) is 4.91. The van der Waals surface area contributed by atoms with E-state index in [2.05, 4.69) is 5.32 Å². The molecule has 1 aliphatic heterocycles. The van der Waals surface area contributed by atoms with Gasteiger partial charge in [0.1, 0.15) is 5.82 Å². The van der Waals surface area contributed by atoms with E-state index in [1.54, 1.807) is 9.80 Å². The molecule has 1 heterocycles. The smallest absolute Gasteiger partial charge is 0.253 e. The highest BCUT2D eigenvalue weighted by Crippen LogP contribution is 2.27. The van der Waals surface area contributed by atoms with Crippen molar-refractivity contribution in [1.29, 1.82) is 0 Å². The Morgan fingerprint density at radius 3 is 2.26 bits per heavy atom.